The number of carbonyl (C=O) groups excluding carboxylic acids is 1. The van der Waals surface area contributed by atoms with Gasteiger partial charge in [-0.1, -0.05) is 17.7 Å². The van der Waals surface area contributed by atoms with Gasteiger partial charge in [0.2, 0.25) is 0 Å². The summed E-state index contributed by atoms with van der Waals surface area (Å²) in [4.78, 5) is 29.1. The summed E-state index contributed by atoms with van der Waals surface area (Å²) in [6.07, 6.45) is 0. The minimum Gasteiger partial charge on any atom is -0.378 e. The first-order valence-electron chi connectivity index (χ1n) is 7.69. The van der Waals surface area contributed by atoms with Crippen molar-refractivity contribution in [1.29, 1.82) is 0 Å². The summed E-state index contributed by atoms with van der Waals surface area (Å²) in [6.45, 7) is 4.36. The van der Waals surface area contributed by atoms with Crippen molar-refractivity contribution in [3.05, 3.63) is 57.0 Å². The highest BCUT2D eigenvalue weighted by Gasteiger charge is 2.20. The largest absolute Gasteiger partial charge is 0.378 e. The van der Waals surface area contributed by atoms with Crippen LogP contribution in [0, 0.1) is 6.92 Å². The Balaban J connectivity index is 1.90. The van der Waals surface area contributed by atoms with Gasteiger partial charge in [0.25, 0.3) is 11.5 Å². The Morgan fingerprint density at radius 3 is 2.71 bits per heavy atom. The van der Waals surface area contributed by atoms with E-state index in [0.29, 0.717) is 42.7 Å². The van der Waals surface area contributed by atoms with E-state index in [4.69, 9.17) is 16.3 Å². The number of anilines is 2. The van der Waals surface area contributed by atoms with Crippen molar-refractivity contribution in [2.75, 3.05) is 36.5 Å². The fourth-order valence-electron chi connectivity index (χ4n) is 2.67. The van der Waals surface area contributed by atoms with Crippen molar-refractivity contribution in [3.8, 4) is 0 Å². The van der Waals surface area contributed by atoms with Crippen molar-refractivity contribution < 1.29 is 9.53 Å². The van der Waals surface area contributed by atoms with Crippen molar-refractivity contribution in [2.24, 2.45) is 0 Å². The molecule has 6 nitrogen and oxygen atoms in total. The molecule has 1 aliphatic heterocycles. The normalized spacial score (nSPS) is 14.5. The quantitative estimate of drug-likeness (QED) is 0.894. The summed E-state index contributed by atoms with van der Waals surface area (Å²) in [5.41, 5.74) is 1.68. The van der Waals surface area contributed by atoms with Gasteiger partial charge in [0, 0.05) is 18.8 Å². The van der Waals surface area contributed by atoms with Gasteiger partial charge < -0.3 is 19.9 Å². The molecule has 0 radical (unpaired) electrons. The molecule has 0 spiro atoms. The van der Waals surface area contributed by atoms with Crippen molar-refractivity contribution in [3.63, 3.8) is 0 Å². The number of hydrogen-bond donors (Lipinski definition) is 2. The lowest BCUT2D eigenvalue weighted by Crippen LogP contribution is -2.37. The molecule has 2 N–H and O–H groups in total. The molecule has 1 aromatic heterocycles. The van der Waals surface area contributed by atoms with E-state index in [1.807, 2.05) is 0 Å². The average Bonchev–Trinajstić information content (AvgIpc) is 2.55. The molecule has 0 unspecified atom stereocenters. The van der Waals surface area contributed by atoms with Crippen molar-refractivity contribution in [1.82, 2.24) is 4.98 Å². The van der Waals surface area contributed by atoms with Crippen LogP contribution in [0.15, 0.2) is 35.1 Å². The van der Waals surface area contributed by atoms with Gasteiger partial charge in [-0.25, -0.2) is 0 Å². The molecule has 126 valence electrons. The summed E-state index contributed by atoms with van der Waals surface area (Å²) in [5, 5.41) is 3.35. The predicted molar refractivity (Wildman–Crippen MR) is 94.2 cm³/mol. The molecular weight excluding hydrogens is 330 g/mol. The SMILES string of the molecule is Cc1ccc(C(=O)Nc2cccc(Cl)c2N2CCOCC2)c(=O)[nH]1. The zero-order valence-corrected chi connectivity index (χ0v) is 14.0. The number of nitrogens with zero attached hydrogens (tertiary/aromatic N) is 1. The molecule has 1 aromatic carbocycles. The van der Waals surface area contributed by atoms with Crippen LogP contribution in [0.1, 0.15) is 16.1 Å². The summed E-state index contributed by atoms with van der Waals surface area (Å²) >= 11 is 6.34. The van der Waals surface area contributed by atoms with Crippen LogP contribution in [0.25, 0.3) is 0 Å². The molecule has 1 amide bonds. The molecule has 0 aliphatic carbocycles. The Bertz CT molecular complexity index is 813. The van der Waals surface area contributed by atoms with E-state index in [1.165, 1.54) is 6.07 Å². The zero-order chi connectivity index (χ0) is 17.1. The monoisotopic (exact) mass is 347 g/mol. The second kappa shape index (κ2) is 7.07. The van der Waals surface area contributed by atoms with Crippen molar-refractivity contribution in [2.45, 2.75) is 6.92 Å². The average molecular weight is 348 g/mol. The zero-order valence-electron chi connectivity index (χ0n) is 13.3. The Hall–Kier alpha value is -2.31. The summed E-state index contributed by atoms with van der Waals surface area (Å²) < 4.78 is 5.36. The first-order chi connectivity index (χ1) is 11.6. The summed E-state index contributed by atoms with van der Waals surface area (Å²) in [6, 6.07) is 8.53. The number of carbonyl (C=O) groups is 1. The van der Waals surface area contributed by atoms with Crippen LogP contribution >= 0.6 is 11.6 Å². The lowest BCUT2D eigenvalue weighted by Gasteiger charge is -2.31. The number of pyridine rings is 1. The molecule has 2 aromatic rings. The standard InChI is InChI=1S/C17H18ClN3O3/c1-11-5-6-12(16(22)19-11)17(23)20-14-4-2-3-13(18)15(14)21-7-9-24-10-8-21/h2-6H,7-10H2,1H3,(H,19,22)(H,20,23). The smallest absolute Gasteiger partial charge is 0.261 e. The second-order valence-corrected chi connectivity index (χ2v) is 5.98. The molecule has 24 heavy (non-hydrogen) atoms. The Kier molecular flexibility index (Phi) is 4.87. The maximum atomic E-state index is 12.5. The molecule has 1 saturated heterocycles. The van der Waals surface area contributed by atoms with Crippen molar-refractivity contribution >= 4 is 28.9 Å². The number of rotatable bonds is 3. The van der Waals surface area contributed by atoms with E-state index < -0.39 is 11.5 Å². The van der Waals surface area contributed by atoms with Gasteiger partial charge in [-0.2, -0.15) is 0 Å². The molecule has 1 aliphatic rings. The van der Waals surface area contributed by atoms with Gasteiger partial charge in [0.15, 0.2) is 0 Å². The number of aromatic nitrogens is 1. The number of halogens is 1. The highest BCUT2D eigenvalue weighted by atomic mass is 35.5. The molecule has 1 fully saturated rings. The highest BCUT2D eigenvalue weighted by Crippen LogP contribution is 2.34. The predicted octanol–water partition coefficient (Wildman–Crippen LogP) is 2.43. The van der Waals surface area contributed by atoms with Crippen LogP contribution in [-0.2, 0) is 4.74 Å². The van der Waals surface area contributed by atoms with Gasteiger partial charge >= 0.3 is 0 Å². The van der Waals surface area contributed by atoms with Gasteiger partial charge in [-0.3, -0.25) is 9.59 Å². The van der Waals surface area contributed by atoms with Gasteiger partial charge in [0.05, 0.1) is 29.6 Å². The van der Waals surface area contributed by atoms with Crippen LogP contribution in [0.4, 0.5) is 11.4 Å². The van der Waals surface area contributed by atoms with E-state index in [-0.39, 0.29) is 5.56 Å². The number of hydrogen-bond acceptors (Lipinski definition) is 4. The number of nitrogens with one attached hydrogen (secondary N) is 2. The third-order valence-corrected chi connectivity index (χ3v) is 4.17. The molecular formula is C17H18ClN3O3. The van der Waals surface area contributed by atoms with E-state index >= 15 is 0 Å². The minimum atomic E-state index is -0.465. The first kappa shape index (κ1) is 16.5. The maximum absolute atomic E-state index is 12.5. The Labute approximate surface area is 144 Å². The fraction of sp³-hybridized carbons (Fsp3) is 0.294. The van der Waals surface area contributed by atoms with E-state index in [1.54, 1.807) is 31.2 Å². The molecule has 0 saturated carbocycles. The van der Waals surface area contributed by atoms with E-state index in [2.05, 4.69) is 15.2 Å². The molecule has 7 heteroatoms. The number of benzene rings is 1. The summed E-state index contributed by atoms with van der Waals surface area (Å²) in [7, 11) is 0. The number of aryl methyl sites for hydroxylation is 1. The Morgan fingerprint density at radius 2 is 2.00 bits per heavy atom. The van der Waals surface area contributed by atoms with Gasteiger partial charge in [-0.15, -0.1) is 0 Å². The number of morpholine rings is 1. The first-order valence-corrected chi connectivity index (χ1v) is 8.06. The van der Waals surface area contributed by atoms with Gasteiger partial charge in [0.1, 0.15) is 5.56 Å². The number of amides is 1. The summed E-state index contributed by atoms with van der Waals surface area (Å²) in [5.74, 6) is -0.465. The fourth-order valence-corrected chi connectivity index (χ4v) is 2.96. The number of H-pyrrole nitrogens is 1. The van der Waals surface area contributed by atoms with Crippen LogP contribution in [-0.4, -0.2) is 37.2 Å². The lowest BCUT2D eigenvalue weighted by molar-refractivity contribution is 0.102. The number of ether oxygens (including phenoxy) is 1. The minimum absolute atomic E-state index is 0.0634. The van der Waals surface area contributed by atoms with Crippen LogP contribution in [0.5, 0.6) is 0 Å². The Morgan fingerprint density at radius 1 is 1.25 bits per heavy atom. The second-order valence-electron chi connectivity index (χ2n) is 5.57. The van der Waals surface area contributed by atoms with E-state index in [9.17, 15) is 9.59 Å². The van der Waals surface area contributed by atoms with Crippen LogP contribution in [0.3, 0.4) is 0 Å². The lowest BCUT2D eigenvalue weighted by atomic mass is 10.2. The highest BCUT2D eigenvalue weighted by molar-refractivity contribution is 6.34. The molecule has 0 atom stereocenters. The third-order valence-electron chi connectivity index (χ3n) is 3.86. The van der Waals surface area contributed by atoms with Crippen LogP contribution in [0.2, 0.25) is 5.02 Å². The van der Waals surface area contributed by atoms with E-state index in [0.717, 1.165) is 5.69 Å². The molecule has 2 heterocycles. The maximum Gasteiger partial charge on any atom is 0.261 e. The third kappa shape index (κ3) is 3.44. The number of aromatic amines is 1. The molecule has 0 bridgehead atoms. The van der Waals surface area contributed by atoms with Gasteiger partial charge in [-0.05, 0) is 31.2 Å². The topological polar surface area (TPSA) is 74.4 Å². The van der Waals surface area contributed by atoms with Crippen LogP contribution < -0.4 is 15.8 Å². The number of para-hydroxylation sites is 1. The molecule has 3 rings (SSSR count).